The molecular weight excluding hydrogens is 333 g/mol. The number of anilines is 1. The van der Waals surface area contributed by atoms with Crippen molar-refractivity contribution in [1.29, 1.82) is 0 Å². The molecule has 0 saturated heterocycles. The van der Waals surface area contributed by atoms with Crippen LogP contribution >= 0.6 is 15.9 Å². The average molecular weight is 346 g/mol. The lowest BCUT2D eigenvalue weighted by Gasteiger charge is -2.06. The van der Waals surface area contributed by atoms with Crippen molar-refractivity contribution in [3.63, 3.8) is 0 Å². The number of halogens is 2. The molecule has 0 spiro atoms. The van der Waals surface area contributed by atoms with E-state index in [2.05, 4.69) is 26.1 Å². The van der Waals surface area contributed by atoms with E-state index in [1.165, 1.54) is 12.1 Å². The van der Waals surface area contributed by atoms with E-state index in [1.807, 2.05) is 37.3 Å². The molecular formula is C16H13BrFN3. The number of hydrogen-bond acceptors (Lipinski definition) is 2. The Morgan fingerprint density at radius 2 is 1.95 bits per heavy atom. The van der Waals surface area contributed by atoms with Gasteiger partial charge in [-0.25, -0.2) is 4.39 Å². The van der Waals surface area contributed by atoms with Crippen LogP contribution in [0.2, 0.25) is 0 Å². The summed E-state index contributed by atoms with van der Waals surface area (Å²) in [5.41, 5.74) is 10.3. The van der Waals surface area contributed by atoms with Crippen molar-refractivity contribution in [2.24, 2.45) is 0 Å². The molecule has 106 valence electrons. The molecule has 1 heterocycles. The van der Waals surface area contributed by atoms with E-state index in [9.17, 15) is 4.39 Å². The fraction of sp³-hybridized carbons (Fsp3) is 0.0625. The molecule has 0 aliphatic carbocycles. The molecule has 3 nitrogen and oxygen atoms in total. The van der Waals surface area contributed by atoms with Gasteiger partial charge in [-0.1, -0.05) is 45.8 Å². The van der Waals surface area contributed by atoms with Gasteiger partial charge in [0.2, 0.25) is 0 Å². The predicted octanol–water partition coefficient (Wildman–Crippen LogP) is 4.54. The Labute approximate surface area is 130 Å². The molecule has 2 aromatic carbocycles. The fourth-order valence-corrected chi connectivity index (χ4v) is 2.82. The molecule has 0 unspecified atom stereocenters. The molecule has 0 bridgehead atoms. The Hall–Kier alpha value is -2.14. The normalized spacial score (nSPS) is 10.8. The molecule has 3 N–H and O–H groups in total. The third-order valence-electron chi connectivity index (χ3n) is 3.25. The number of aromatic amines is 1. The highest BCUT2D eigenvalue weighted by atomic mass is 79.9. The van der Waals surface area contributed by atoms with Crippen molar-refractivity contribution in [2.75, 3.05) is 5.73 Å². The van der Waals surface area contributed by atoms with Gasteiger partial charge in [0.15, 0.2) is 5.82 Å². The standard InChI is InChI=1S/C16H13BrFN3/c1-9-3-2-4-10(5-9)14-15(20-21-16(14)19)11-6-12(17)8-13(18)7-11/h2-8H,1H3,(H3,19,20,21). The van der Waals surface area contributed by atoms with Crippen molar-refractivity contribution in [1.82, 2.24) is 10.2 Å². The van der Waals surface area contributed by atoms with Crippen LogP contribution in [0.3, 0.4) is 0 Å². The molecule has 3 rings (SSSR count). The van der Waals surface area contributed by atoms with Gasteiger partial charge in [0.1, 0.15) is 5.82 Å². The number of nitrogens with zero attached hydrogens (tertiary/aromatic N) is 1. The molecule has 0 radical (unpaired) electrons. The Morgan fingerprint density at radius 3 is 2.67 bits per heavy atom. The highest BCUT2D eigenvalue weighted by Gasteiger charge is 2.15. The summed E-state index contributed by atoms with van der Waals surface area (Å²) < 4.78 is 14.3. The summed E-state index contributed by atoms with van der Waals surface area (Å²) in [6.07, 6.45) is 0. The van der Waals surface area contributed by atoms with Crippen LogP contribution in [0.25, 0.3) is 22.4 Å². The average Bonchev–Trinajstić information content (AvgIpc) is 2.79. The first kappa shape index (κ1) is 13.8. The van der Waals surface area contributed by atoms with E-state index in [0.29, 0.717) is 21.5 Å². The van der Waals surface area contributed by atoms with Crippen LogP contribution in [-0.4, -0.2) is 10.2 Å². The summed E-state index contributed by atoms with van der Waals surface area (Å²) in [7, 11) is 0. The zero-order valence-electron chi connectivity index (χ0n) is 11.3. The van der Waals surface area contributed by atoms with E-state index < -0.39 is 0 Å². The lowest BCUT2D eigenvalue weighted by Crippen LogP contribution is -1.90. The SMILES string of the molecule is Cc1cccc(-c2c(N)n[nH]c2-c2cc(F)cc(Br)c2)c1. The first-order chi connectivity index (χ1) is 10.0. The van der Waals surface area contributed by atoms with Crippen LogP contribution in [0.15, 0.2) is 46.9 Å². The zero-order chi connectivity index (χ0) is 15.0. The van der Waals surface area contributed by atoms with Gasteiger partial charge in [0.25, 0.3) is 0 Å². The molecule has 1 aromatic heterocycles. The van der Waals surface area contributed by atoms with Gasteiger partial charge in [-0.15, -0.1) is 0 Å². The van der Waals surface area contributed by atoms with Gasteiger partial charge < -0.3 is 5.73 Å². The molecule has 5 heteroatoms. The van der Waals surface area contributed by atoms with Crippen LogP contribution in [0, 0.1) is 12.7 Å². The number of nitrogen functional groups attached to an aromatic ring is 1. The molecule has 0 amide bonds. The number of nitrogens with two attached hydrogens (primary N) is 1. The highest BCUT2D eigenvalue weighted by molar-refractivity contribution is 9.10. The van der Waals surface area contributed by atoms with Gasteiger partial charge in [-0.2, -0.15) is 5.10 Å². The third-order valence-corrected chi connectivity index (χ3v) is 3.71. The number of aromatic nitrogens is 2. The summed E-state index contributed by atoms with van der Waals surface area (Å²) in [6, 6.07) is 12.7. The Bertz CT molecular complexity index is 791. The lowest BCUT2D eigenvalue weighted by molar-refractivity contribution is 0.627. The van der Waals surface area contributed by atoms with Crippen LogP contribution < -0.4 is 5.73 Å². The largest absolute Gasteiger partial charge is 0.382 e. The van der Waals surface area contributed by atoms with Crippen LogP contribution in [-0.2, 0) is 0 Å². The van der Waals surface area contributed by atoms with Crippen LogP contribution in [0.4, 0.5) is 10.2 Å². The molecule has 0 saturated carbocycles. The van der Waals surface area contributed by atoms with Crippen LogP contribution in [0.1, 0.15) is 5.56 Å². The monoisotopic (exact) mass is 345 g/mol. The van der Waals surface area contributed by atoms with E-state index in [1.54, 1.807) is 0 Å². The Morgan fingerprint density at radius 1 is 1.14 bits per heavy atom. The van der Waals surface area contributed by atoms with E-state index in [-0.39, 0.29) is 5.82 Å². The van der Waals surface area contributed by atoms with Gasteiger partial charge in [-0.05, 0) is 30.7 Å². The van der Waals surface area contributed by atoms with E-state index in [0.717, 1.165) is 16.7 Å². The summed E-state index contributed by atoms with van der Waals surface area (Å²) in [5, 5.41) is 6.97. The molecule has 21 heavy (non-hydrogen) atoms. The summed E-state index contributed by atoms with van der Waals surface area (Å²) >= 11 is 3.30. The number of rotatable bonds is 2. The quantitative estimate of drug-likeness (QED) is 0.716. The minimum absolute atomic E-state index is 0.317. The smallest absolute Gasteiger partial charge is 0.153 e. The van der Waals surface area contributed by atoms with E-state index in [4.69, 9.17) is 5.73 Å². The highest BCUT2D eigenvalue weighted by Crippen LogP contribution is 2.36. The topological polar surface area (TPSA) is 54.7 Å². The Balaban J connectivity index is 2.21. The number of benzene rings is 2. The minimum atomic E-state index is -0.317. The Kier molecular flexibility index (Phi) is 3.51. The van der Waals surface area contributed by atoms with Crippen molar-refractivity contribution >= 4 is 21.7 Å². The van der Waals surface area contributed by atoms with Gasteiger partial charge in [0, 0.05) is 10.0 Å². The van der Waals surface area contributed by atoms with Crippen molar-refractivity contribution < 1.29 is 4.39 Å². The second-order valence-electron chi connectivity index (χ2n) is 4.89. The van der Waals surface area contributed by atoms with Crippen molar-refractivity contribution in [3.8, 4) is 22.4 Å². The molecule has 0 aliphatic heterocycles. The number of nitrogens with one attached hydrogen (secondary N) is 1. The third kappa shape index (κ3) is 2.69. The summed E-state index contributed by atoms with van der Waals surface area (Å²) in [5.74, 6) is 0.0822. The van der Waals surface area contributed by atoms with Gasteiger partial charge >= 0.3 is 0 Å². The maximum absolute atomic E-state index is 13.6. The molecule has 0 aliphatic rings. The van der Waals surface area contributed by atoms with Gasteiger partial charge in [-0.3, -0.25) is 5.10 Å². The summed E-state index contributed by atoms with van der Waals surface area (Å²) in [6.45, 7) is 2.01. The first-order valence-corrected chi connectivity index (χ1v) is 7.21. The van der Waals surface area contributed by atoms with Gasteiger partial charge in [0.05, 0.1) is 11.3 Å². The zero-order valence-corrected chi connectivity index (χ0v) is 12.9. The van der Waals surface area contributed by atoms with E-state index >= 15 is 0 Å². The second-order valence-corrected chi connectivity index (χ2v) is 5.80. The molecule has 0 fully saturated rings. The van der Waals surface area contributed by atoms with Crippen molar-refractivity contribution in [2.45, 2.75) is 6.92 Å². The maximum Gasteiger partial charge on any atom is 0.153 e. The molecule has 0 atom stereocenters. The van der Waals surface area contributed by atoms with Crippen LogP contribution in [0.5, 0.6) is 0 Å². The fourth-order valence-electron chi connectivity index (χ4n) is 2.36. The number of H-pyrrole nitrogens is 1. The number of hydrogen-bond donors (Lipinski definition) is 2. The minimum Gasteiger partial charge on any atom is -0.382 e. The molecule has 3 aromatic rings. The lowest BCUT2D eigenvalue weighted by atomic mass is 9.99. The first-order valence-electron chi connectivity index (χ1n) is 6.42. The summed E-state index contributed by atoms with van der Waals surface area (Å²) in [4.78, 5) is 0. The predicted molar refractivity (Wildman–Crippen MR) is 86.3 cm³/mol. The van der Waals surface area contributed by atoms with Crippen molar-refractivity contribution in [3.05, 3.63) is 58.3 Å². The second kappa shape index (κ2) is 5.33. The maximum atomic E-state index is 13.6. The number of aryl methyl sites for hydroxylation is 1.